The van der Waals surface area contributed by atoms with E-state index in [1.807, 2.05) is 0 Å². The van der Waals surface area contributed by atoms with Crippen LogP contribution in [0, 0.1) is 0 Å². The molecule has 7 heteroatoms. The van der Waals surface area contributed by atoms with Crippen molar-refractivity contribution >= 4 is 23.2 Å². The Balaban J connectivity index is 1.48. The number of Topliss-reactive ketones (excluding diaryl/α,β-unsaturated/α-hetero) is 1. The van der Waals surface area contributed by atoms with Crippen LogP contribution >= 0.6 is 0 Å². The van der Waals surface area contributed by atoms with Crippen molar-refractivity contribution in [2.24, 2.45) is 0 Å². The van der Waals surface area contributed by atoms with Crippen molar-refractivity contribution < 1.29 is 14.3 Å². The molecule has 2 heterocycles. The second-order valence-electron chi connectivity index (χ2n) is 6.40. The molecule has 3 rings (SSSR count). The summed E-state index contributed by atoms with van der Waals surface area (Å²) < 4.78 is 5.33. The molecule has 2 N–H and O–H groups in total. The van der Waals surface area contributed by atoms with Gasteiger partial charge in [0.15, 0.2) is 5.78 Å². The van der Waals surface area contributed by atoms with Crippen LogP contribution in [-0.2, 0) is 4.74 Å². The fraction of sp³-hybridized carbons (Fsp3) is 0.350. The van der Waals surface area contributed by atoms with Crippen molar-refractivity contribution in [3.8, 4) is 0 Å². The molecule has 0 bridgehead atoms. The molecule has 0 saturated carbocycles. The number of nitrogens with one attached hydrogen (secondary N) is 2. The minimum atomic E-state index is -0.238. The first-order valence-electron chi connectivity index (χ1n) is 9.04. The summed E-state index contributed by atoms with van der Waals surface area (Å²) in [6.07, 6.45) is 1.55. The Morgan fingerprint density at radius 3 is 2.41 bits per heavy atom. The van der Waals surface area contributed by atoms with Crippen LogP contribution < -0.4 is 10.6 Å². The van der Waals surface area contributed by atoms with Crippen molar-refractivity contribution in [1.29, 1.82) is 0 Å². The number of hydrogen-bond donors (Lipinski definition) is 2. The number of nitrogens with zero attached hydrogens (tertiary/aromatic N) is 2. The highest BCUT2D eigenvalue weighted by Gasteiger charge is 2.10. The van der Waals surface area contributed by atoms with Gasteiger partial charge in [0.25, 0.3) is 5.91 Å². The summed E-state index contributed by atoms with van der Waals surface area (Å²) in [5, 5.41) is 6.07. The first kappa shape index (κ1) is 19.0. The Morgan fingerprint density at radius 1 is 1.07 bits per heavy atom. The van der Waals surface area contributed by atoms with E-state index in [2.05, 4.69) is 20.5 Å². The predicted molar refractivity (Wildman–Crippen MR) is 104 cm³/mol. The summed E-state index contributed by atoms with van der Waals surface area (Å²) in [7, 11) is 0. The van der Waals surface area contributed by atoms with E-state index in [1.54, 1.807) is 42.6 Å². The zero-order valence-corrected chi connectivity index (χ0v) is 15.4. The maximum atomic E-state index is 12.3. The third-order valence-corrected chi connectivity index (χ3v) is 4.41. The van der Waals surface area contributed by atoms with Crippen LogP contribution in [0.25, 0.3) is 0 Å². The number of morpholine rings is 1. The first-order valence-corrected chi connectivity index (χ1v) is 9.04. The predicted octanol–water partition coefficient (Wildman–Crippen LogP) is 2.28. The van der Waals surface area contributed by atoms with Crippen LogP contribution in [0.2, 0.25) is 0 Å². The lowest BCUT2D eigenvalue weighted by Gasteiger charge is -2.26. The van der Waals surface area contributed by atoms with Crippen LogP contribution in [0.3, 0.4) is 0 Å². The summed E-state index contributed by atoms with van der Waals surface area (Å²) >= 11 is 0. The van der Waals surface area contributed by atoms with Crippen molar-refractivity contribution in [3.63, 3.8) is 0 Å². The molecule has 1 saturated heterocycles. The lowest BCUT2D eigenvalue weighted by atomic mass is 10.1. The molecule has 0 atom stereocenters. The van der Waals surface area contributed by atoms with Crippen molar-refractivity contribution in [2.75, 3.05) is 50.0 Å². The van der Waals surface area contributed by atoms with E-state index in [9.17, 15) is 9.59 Å². The monoisotopic (exact) mass is 368 g/mol. The lowest BCUT2D eigenvalue weighted by Crippen LogP contribution is -2.39. The van der Waals surface area contributed by atoms with Gasteiger partial charge in [0.2, 0.25) is 0 Å². The van der Waals surface area contributed by atoms with Crippen LogP contribution in [0.4, 0.5) is 11.5 Å². The average Bonchev–Trinajstić information content (AvgIpc) is 2.70. The van der Waals surface area contributed by atoms with E-state index in [0.29, 0.717) is 16.8 Å². The van der Waals surface area contributed by atoms with Gasteiger partial charge in [-0.2, -0.15) is 0 Å². The molecule has 0 spiro atoms. The number of carbonyl (C=O) groups is 2. The van der Waals surface area contributed by atoms with E-state index in [1.165, 1.54) is 6.92 Å². The summed E-state index contributed by atoms with van der Waals surface area (Å²) in [6.45, 7) is 6.74. The maximum absolute atomic E-state index is 12.3. The molecule has 1 fully saturated rings. The van der Waals surface area contributed by atoms with Gasteiger partial charge in [-0.25, -0.2) is 4.98 Å². The maximum Gasteiger partial charge on any atom is 0.257 e. The molecule has 0 unspecified atom stereocenters. The molecule has 1 aliphatic rings. The van der Waals surface area contributed by atoms with Gasteiger partial charge >= 0.3 is 0 Å². The molecule has 1 aromatic heterocycles. The fourth-order valence-electron chi connectivity index (χ4n) is 2.79. The quantitative estimate of drug-likeness (QED) is 0.730. The number of aromatic nitrogens is 1. The van der Waals surface area contributed by atoms with Gasteiger partial charge in [-0.1, -0.05) is 0 Å². The molecule has 142 valence electrons. The Kier molecular flexibility index (Phi) is 6.51. The number of benzene rings is 1. The van der Waals surface area contributed by atoms with Gasteiger partial charge < -0.3 is 15.4 Å². The van der Waals surface area contributed by atoms with E-state index in [4.69, 9.17) is 4.74 Å². The van der Waals surface area contributed by atoms with E-state index in [-0.39, 0.29) is 11.7 Å². The first-order chi connectivity index (χ1) is 13.1. The second kappa shape index (κ2) is 9.25. The van der Waals surface area contributed by atoms with Gasteiger partial charge in [0, 0.05) is 43.6 Å². The van der Waals surface area contributed by atoms with Gasteiger partial charge in [-0.15, -0.1) is 0 Å². The lowest BCUT2D eigenvalue weighted by molar-refractivity contribution is 0.0398. The normalized spacial score (nSPS) is 14.6. The Hall–Kier alpha value is -2.77. The number of amides is 1. The minimum Gasteiger partial charge on any atom is -0.379 e. The zero-order valence-electron chi connectivity index (χ0n) is 15.4. The largest absolute Gasteiger partial charge is 0.379 e. The molecule has 0 radical (unpaired) electrons. The number of pyridine rings is 1. The Morgan fingerprint density at radius 2 is 1.78 bits per heavy atom. The van der Waals surface area contributed by atoms with E-state index in [0.717, 1.165) is 45.2 Å². The molecular formula is C20H24N4O3. The number of ether oxygens (including phenoxy) is 1. The van der Waals surface area contributed by atoms with Gasteiger partial charge in [-0.3, -0.25) is 14.5 Å². The highest BCUT2D eigenvalue weighted by atomic mass is 16.5. The molecular weight excluding hydrogens is 344 g/mol. The van der Waals surface area contributed by atoms with Crippen LogP contribution in [0.15, 0.2) is 42.6 Å². The van der Waals surface area contributed by atoms with Crippen LogP contribution in [-0.4, -0.2) is 61.0 Å². The van der Waals surface area contributed by atoms with Gasteiger partial charge in [-0.05, 0) is 43.3 Å². The van der Waals surface area contributed by atoms with E-state index < -0.39 is 0 Å². The molecule has 27 heavy (non-hydrogen) atoms. The summed E-state index contributed by atoms with van der Waals surface area (Å²) in [5.41, 5.74) is 1.73. The third-order valence-electron chi connectivity index (χ3n) is 4.41. The second-order valence-corrected chi connectivity index (χ2v) is 6.40. The highest BCUT2D eigenvalue weighted by molar-refractivity contribution is 6.04. The summed E-state index contributed by atoms with van der Waals surface area (Å²) in [6, 6.07) is 10.3. The number of ketones is 1. The molecule has 1 amide bonds. The van der Waals surface area contributed by atoms with Gasteiger partial charge in [0.05, 0.1) is 18.8 Å². The molecule has 1 aliphatic heterocycles. The molecule has 7 nitrogen and oxygen atoms in total. The van der Waals surface area contributed by atoms with Crippen molar-refractivity contribution in [2.45, 2.75) is 6.92 Å². The molecule has 1 aromatic carbocycles. The average molecular weight is 368 g/mol. The fourth-order valence-corrected chi connectivity index (χ4v) is 2.79. The smallest absolute Gasteiger partial charge is 0.257 e. The number of anilines is 2. The Bertz CT molecular complexity index is 769. The summed E-state index contributed by atoms with van der Waals surface area (Å²) in [5.74, 6) is 0.498. The number of rotatable bonds is 7. The summed E-state index contributed by atoms with van der Waals surface area (Å²) in [4.78, 5) is 30.2. The molecule has 2 aromatic rings. The minimum absolute atomic E-state index is 0.00575. The third kappa shape index (κ3) is 5.60. The molecule has 0 aliphatic carbocycles. The van der Waals surface area contributed by atoms with Crippen molar-refractivity contribution in [1.82, 2.24) is 9.88 Å². The highest BCUT2D eigenvalue weighted by Crippen LogP contribution is 2.12. The Labute approximate surface area is 158 Å². The van der Waals surface area contributed by atoms with Crippen molar-refractivity contribution in [3.05, 3.63) is 53.7 Å². The zero-order chi connectivity index (χ0) is 19.1. The standard InChI is InChI=1S/C20H24N4O3/c1-15(25)16-2-5-18(6-3-16)23-20(26)17-4-7-19(22-14-17)21-8-9-24-10-12-27-13-11-24/h2-7,14H,8-13H2,1H3,(H,21,22)(H,23,26). The number of carbonyl (C=O) groups excluding carboxylic acids is 2. The van der Waals surface area contributed by atoms with Crippen LogP contribution in [0.5, 0.6) is 0 Å². The number of hydrogen-bond acceptors (Lipinski definition) is 6. The SMILES string of the molecule is CC(=O)c1ccc(NC(=O)c2ccc(NCCN3CCOCC3)nc2)cc1. The van der Waals surface area contributed by atoms with E-state index >= 15 is 0 Å². The topological polar surface area (TPSA) is 83.6 Å². The van der Waals surface area contributed by atoms with Crippen LogP contribution in [0.1, 0.15) is 27.6 Å². The van der Waals surface area contributed by atoms with Gasteiger partial charge in [0.1, 0.15) is 5.82 Å².